The Morgan fingerprint density at radius 1 is 1.13 bits per heavy atom. The third-order valence-corrected chi connectivity index (χ3v) is 4.82. The van der Waals surface area contributed by atoms with Gasteiger partial charge in [0.1, 0.15) is 17.1 Å². The van der Waals surface area contributed by atoms with Gasteiger partial charge in [0.15, 0.2) is 0 Å². The first-order valence-corrected chi connectivity index (χ1v) is 9.43. The molecule has 0 bridgehead atoms. The van der Waals surface area contributed by atoms with Crippen LogP contribution in [0.1, 0.15) is 27.5 Å². The van der Waals surface area contributed by atoms with E-state index in [9.17, 15) is 14.7 Å². The monoisotopic (exact) mass is 400 g/mol. The SMILES string of the molecule is Cc1ccccc1NC(=O)c1cnn2c1NC(C(=O)O)=CC2/C=C/c1ccccc1. The number of para-hydroxylation sites is 1. The Labute approximate surface area is 173 Å². The topological polar surface area (TPSA) is 96.3 Å². The van der Waals surface area contributed by atoms with Crippen molar-refractivity contribution in [2.75, 3.05) is 10.6 Å². The fourth-order valence-electron chi connectivity index (χ4n) is 3.23. The van der Waals surface area contributed by atoms with Crippen molar-refractivity contribution in [3.05, 3.63) is 95.3 Å². The van der Waals surface area contributed by atoms with Crippen molar-refractivity contribution < 1.29 is 14.7 Å². The summed E-state index contributed by atoms with van der Waals surface area (Å²) in [6, 6.07) is 16.7. The highest BCUT2D eigenvalue weighted by Gasteiger charge is 2.27. The average Bonchev–Trinajstić information content (AvgIpc) is 3.18. The molecule has 3 N–H and O–H groups in total. The van der Waals surface area contributed by atoms with E-state index in [1.54, 1.807) is 10.8 Å². The predicted octanol–water partition coefficient (Wildman–Crippen LogP) is 4.09. The van der Waals surface area contributed by atoms with Gasteiger partial charge in [0, 0.05) is 5.69 Å². The molecule has 1 amide bonds. The Balaban J connectivity index is 1.66. The zero-order chi connectivity index (χ0) is 21.1. The number of hydrogen-bond acceptors (Lipinski definition) is 4. The lowest BCUT2D eigenvalue weighted by molar-refractivity contribution is -0.132. The molecule has 1 aromatic heterocycles. The first kappa shape index (κ1) is 19.2. The van der Waals surface area contributed by atoms with E-state index in [0.717, 1.165) is 11.1 Å². The number of carboxylic acids is 1. The molecule has 0 aliphatic carbocycles. The summed E-state index contributed by atoms with van der Waals surface area (Å²) in [5.41, 5.74) is 2.86. The summed E-state index contributed by atoms with van der Waals surface area (Å²) < 4.78 is 1.60. The highest BCUT2D eigenvalue weighted by Crippen LogP contribution is 2.30. The lowest BCUT2D eigenvalue weighted by Gasteiger charge is -2.22. The molecule has 0 saturated heterocycles. The Morgan fingerprint density at radius 3 is 2.60 bits per heavy atom. The average molecular weight is 400 g/mol. The quantitative estimate of drug-likeness (QED) is 0.599. The Hall–Kier alpha value is -4.13. The molecule has 1 unspecified atom stereocenters. The Bertz CT molecular complexity index is 1160. The van der Waals surface area contributed by atoms with Crippen LogP contribution in [0.15, 0.2) is 78.6 Å². The number of nitrogens with one attached hydrogen (secondary N) is 2. The maximum atomic E-state index is 12.9. The minimum absolute atomic E-state index is 0.00402. The van der Waals surface area contributed by atoms with Crippen molar-refractivity contribution >= 4 is 29.5 Å². The van der Waals surface area contributed by atoms with E-state index in [2.05, 4.69) is 15.7 Å². The molecule has 30 heavy (non-hydrogen) atoms. The summed E-state index contributed by atoms with van der Waals surface area (Å²) >= 11 is 0. The second-order valence-corrected chi connectivity index (χ2v) is 6.89. The summed E-state index contributed by atoms with van der Waals surface area (Å²) in [4.78, 5) is 24.5. The number of aliphatic carboxylic acids is 1. The summed E-state index contributed by atoms with van der Waals surface area (Å²) in [5, 5.41) is 19.5. The second-order valence-electron chi connectivity index (χ2n) is 6.89. The van der Waals surface area contributed by atoms with Crippen molar-refractivity contribution in [1.82, 2.24) is 9.78 Å². The molecule has 1 aliphatic heterocycles. The number of allylic oxidation sites excluding steroid dienone is 2. The van der Waals surface area contributed by atoms with Gasteiger partial charge in [0.2, 0.25) is 0 Å². The van der Waals surface area contributed by atoms with E-state index in [1.807, 2.05) is 73.7 Å². The van der Waals surface area contributed by atoms with Gasteiger partial charge in [-0.1, -0.05) is 60.7 Å². The second kappa shape index (κ2) is 8.08. The van der Waals surface area contributed by atoms with Crippen molar-refractivity contribution in [2.45, 2.75) is 13.0 Å². The summed E-state index contributed by atoms with van der Waals surface area (Å²) in [6.07, 6.45) is 6.74. The van der Waals surface area contributed by atoms with Gasteiger partial charge in [-0.25, -0.2) is 9.48 Å². The number of aryl methyl sites for hydroxylation is 1. The van der Waals surface area contributed by atoms with E-state index in [0.29, 0.717) is 11.5 Å². The molecule has 3 aromatic rings. The minimum Gasteiger partial charge on any atom is -0.477 e. The summed E-state index contributed by atoms with van der Waals surface area (Å²) in [5.74, 6) is -1.13. The molecule has 1 atom stereocenters. The molecule has 2 aromatic carbocycles. The van der Waals surface area contributed by atoms with Crippen LogP contribution in [-0.2, 0) is 4.79 Å². The van der Waals surface area contributed by atoms with Gasteiger partial charge in [-0.3, -0.25) is 4.79 Å². The normalized spacial score (nSPS) is 15.2. The molecule has 0 spiro atoms. The van der Waals surface area contributed by atoms with Gasteiger partial charge in [-0.2, -0.15) is 5.10 Å². The molecule has 7 heteroatoms. The molecule has 0 fully saturated rings. The van der Waals surface area contributed by atoms with Gasteiger partial charge in [-0.15, -0.1) is 0 Å². The fourth-order valence-corrected chi connectivity index (χ4v) is 3.23. The van der Waals surface area contributed by atoms with Gasteiger partial charge >= 0.3 is 5.97 Å². The summed E-state index contributed by atoms with van der Waals surface area (Å²) in [7, 11) is 0. The number of aromatic nitrogens is 2. The standard InChI is InChI=1S/C23H20N4O3/c1-15-7-5-6-10-19(15)26-22(28)18-14-24-27-17(12-11-16-8-3-2-4-9-16)13-20(23(29)30)25-21(18)27/h2-14,17,25H,1H3,(H,26,28)(H,29,30)/b12-11+. The van der Waals surface area contributed by atoms with E-state index < -0.39 is 12.0 Å². The number of fused-ring (bicyclic) bond motifs is 1. The van der Waals surface area contributed by atoms with Crippen molar-refractivity contribution in [2.24, 2.45) is 0 Å². The number of benzene rings is 2. The third-order valence-electron chi connectivity index (χ3n) is 4.82. The third kappa shape index (κ3) is 3.86. The molecule has 150 valence electrons. The maximum Gasteiger partial charge on any atom is 0.352 e. The van der Waals surface area contributed by atoms with Gasteiger partial charge in [0.25, 0.3) is 5.91 Å². The number of hydrogen-bond donors (Lipinski definition) is 3. The maximum absolute atomic E-state index is 12.9. The number of amides is 1. The zero-order valence-electron chi connectivity index (χ0n) is 16.2. The molecule has 0 saturated carbocycles. The van der Waals surface area contributed by atoms with E-state index in [-0.39, 0.29) is 17.2 Å². The van der Waals surface area contributed by atoms with E-state index in [4.69, 9.17) is 0 Å². The van der Waals surface area contributed by atoms with Crippen LogP contribution in [0.25, 0.3) is 6.08 Å². The first-order chi connectivity index (χ1) is 14.5. The number of carbonyl (C=O) groups is 2. The van der Waals surface area contributed by atoms with E-state index in [1.165, 1.54) is 6.20 Å². The van der Waals surface area contributed by atoms with Crippen molar-refractivity contribution in [3.63, 3.8) is 0 Å². The number of rotatable bonds is 5. The van der Waals surface area contributed by atoms with Crippen LogP contribution in [-0.4, -0.2) is 26.8 Å². The highest BCUT2D eigenvalue weighted by molar-refractivity contribution is 6.08. The zero-order valence-corrected chi connectivity index (χ0v) is 16.2. The number of anilines is 2. The van der Waals surface area contributed by atoms with Crippen molar-refractivity contribution in [3.8, 4) is 0 Å². The number of carbonyl (C=O) groups excluding carboxylic acids is 1. The molecule has 0 radical (unpaired) electrons. The van der Waals surface area contributed by atoms with Gasteiger partial charge < -0.3 is 15.7 Å². The van der Waals surface area contributed by atoms with Crippen LogP contribution in [0, 0.1) is 6.92 Å². The molecule has 1 aliphatic rings. The first-order valence-electron chi connectivity index (χ1n) is 9.43. The largest absolute Gasteiger partial charge is 0.477 e. The molecule has 7 nitrogen and oxygen atoms in total. The molecular formula is C23H20N4O3. The van der Waals surface area contributed by atoms with Crippen LogP contribution >= 0.6 is 0 Å². The number of nitrogens with zero attached hydrogens (tertiary/aromatic N) is 2. The fraction of sp³-hybridized carbons (Fsp3) is 0.0870. The van der Waals surface area contributed by atoms with Crippen LogP contribution in [0.2, 0.25) is 0 Å². The predicted molar refractivity (Wildman–Crippen MR) is 115 cm³/mol. The van der Waals surface area contributed by atoms with Gasteiger partial charge in [0.05, 0.1) is 12.2 Å². The lowest BCUT2D eigenvalue weighted by Crippen LogP contribution is -2.24. The van der Waals surface area contributed by atoms with Crippen LogP contribution < -0.4 is 10.6 Å². The summed E-state index contributed by atoms with van der Waals surface area (Å²) in [6.45, 7) is 1.90. The highest BCUT2D eigenvalue weighted by atomic mass is 16.4. The van der Waals surface area contributed by atoms with E-state index >= 15 is 0 Å². The van der Waals surface area contributed by atoms with Crippen molar-refractivity contribution in [1.29, 1.82) is 0 Å². The lowest BCUT2D eigenvalue weighted by atomic mass is 10.1. The Morgan fingerprint density at radius 2 is 1.87 bits per heavy atom. The molecular weight excluding hydrogens is 380 g/mol. The van der Waals surface area contributed by atoms with Crippen LogP contribution in [0.5, 0.6) is 0 Å². The number of carboxylic acid groups (broad SMARTS) is 1. The van der Waals surface area contributed by atoms with Crippen LogP contribution in [0.4, 0.5) is 11.5 Å². The van der Waals surface area contributed by atoms with Crippen LogP contribution in [0.3, 0.4) is 0 Å². The van der Waals surface area contributed by atoms with Gasteiger partial charge in [-0.05, 0) is 30.2 Å². The minimum atomic E-state index is -1.11. The Kier molecular flexibility index (Phi) is 5.17. The molecule has 2 heterocycles. The smallest absolute Gasteiger partial charge is 0.352 e. The molecule has 4 rings (SSSR count).